The second-order valence-electron chi connectivity index (χ2n) is 6.86. The molecule has 4 rings (SSSR count). The van der Waals surface area contributed by atoms with Crippen LogP contribution in [0.25, 0.3) is 0 Å². The molecule has 148 valence electrons. The molecule has 1 fully saturated rings. The average molecular weight is 417 g/mol. The molecule has 0 saturated carbocycles. The molecule has 2 aliphatic heterocycles. The third-order valence-electron chi connectivity index (χ3n) is 4.85. The molecule has 0 unspecified atom stereocenters. The van der Waals surface area contributed by atoms with E-state index in [2.05, 4.69) is 38.4 Å². The van der Waals surface area contributed by atoms with Crippen molar-refractivity contribution < 1.29 is 9.53 Å². The van der Waals surface area contributed by atoms with Crippen LogP contribution in [0.5, 0.6) is 0 Å². The number of hydrogen-bond acceptors (Lipinski definition) is 8. The number of ether oxygens (including phenoxy) is 1. The van der Waals surface area contributed by atoms with Crippen LogP contribution in [0.15, 0.2) is 40.5 Å². The van der Waals surface area contributed by atoms with Crippen molar-refractivity contribution in [3.05, 3.63) is 36.2 Å². The van der Waals surface area contributed by atoms with Gasteiger partial charge in [0.1, 0.15) is 5.03 Å². The molecular formula is C20H24N4O2S2. The lowest BCUT2D eigenvalue weighted by atomic mass is 10.1. The number of carbonyl (C=O) groups is 1. The number of piperidine rings is 1. The zero-order chi connectivity index (χ0) is 19.3. The van der Waals surface area contributed by atoms with E-state index in [0.717, 1.165) is 49.0 Å². The minimum Gasteiger partial charge on any atom is -0.465 e. The van der Waals surface area contributed by atoms with Crippen molar-refractivity contribution in [2.75, 3.05) is 30.8 Å². The number of esters is 1. The van der Waals surface area contributed by atoms with Crippen LogP contribution in [0.4, 0.5) is 11.5 Å². The first-order chi connectivity index (χ1) is 13.7. The van der Waals surface area contributed by atoms with Crippen LogP contribution in [-0.4, -0.2) is 51.5 Å². The Balaban J connectivity index is 1.29. The van der Waals surface area contributed by atoms with Gasteiger partial charge in [-0.25, -0.2) is 9.97 Å². The van der Waals surface area contributed by atoms with Gasteiger partial charge in [-0.1, -0.05) is 17.8 Å². The SMILES string of the molecule is CCOC(=O)CSC1CCN(Cc2ccc3c(c2)Nc2nccnc2S3)CC1. The van der Waals surface area contributed by atoms with E-state index in [-0.39, 0.29) is 5.97 Å². The summed E-state index contributed by atoms with van der Waals surface area (Å²) in [7, 11) is 0. The Morgan fingerprint density at radius 2 is 2.14 bits per heavy atom. The summed E-state index contributed by atoms with van der Waals surface area (Å²) in [5.41, 5.74) is 2.41. The van der Waals surface area contributed by atoms with Gasteiger partial charge < -0.3 is 10.1 Å². The monoisotopic (exact) mass is 416 g/mol. The number of nitrogens with zero attached hydrogens (tertiary/aromatic N) is 3. The normalized spacial score (nSPS) is 16.8. The van der Waals surface area contributed by atoms with Crippen molar-refractivity contribution in [2.45, 2.75) is 41.5 Å². The van der Waals surface area contributed by atoms with Crippen molar-refractivity contribution in [1.82, 2.24) is 14.9 Å². The maximum absolute atomic E-state index is 11.5. The number of thioether (sulfide) groups is 1. The van der Waals surface area contributed by atoms with E-state index in [1.54, 1.807) is 35.9 Å². The summed E-state index contributed by atoms with van der Waals surface area (Å²) in [5, 5.41) is 4.88. The number of nitrogens with one attached hydrogen (secondary N) is 1. The van der Waals surface area contributed by atoms with Crippen LogP contribution in [0.2, 0.25) is 0 Å². The van der Waals surface area contributed by atoms with E-state index >= 15 is 0 Å². The van der Waals surface area contributed by atoms with Gasteiger partial charge in [0.05, 0.1) is 18.0 Å². The predicted molar refractivity (Wildman–Crippen MR) is 113 cm³/mol. The third kappa shape index (κ3) is 4.79. The number of likely N-dealkylation sites (tertiary alicyclic amines) is 1. The van der Waals surface area contributed by atoms with Crippen LogP contribution in [0.3, 0.4) is 0 Å². The molecule has 6 nitrogen and oxygen atoms in total. The number of hydrogen-bond donors (Lipinski definition) is 1. The molecule has 1 saturated heterocycles. The number of fused-ring (bicyclic) bond motifs is 2. The maximum atomic E-state index is 11.5. The standard InChI is InChI=1S/C20H24N4O2S2/c1-2-26-18(25)13-27-15-5-9-24(10-6-15)12-14-3-4-17-16(11-14)23-19-20(28-17)22-8-7-21-19/h3-4,7-8,11,15H,2,5-6,9-10,12-13H2,1H3,(H,21,23). The van der Waals surface area contributed by atoms with Gasteiger partial charge in [-0.3, -0.25) is 9.69 Å². The number of anilines is 2. The molecule has 0 spiro atoms. The molecule has 2 aliphatic rings. The van der Waals surface area contributed by atoms with Crippen molar-refractivity contribution in [3.63, 3.8) is 0 Å². The summed E-state index contributed by atoms with van der Waals surface area (Å²) in [5.74, 6) is 1.20. The van der Waals surface area contributed by atoms with Gasteiger partial charge in [0.15, 0.2) is 5.82 Å². The van der Waals surface area contributed by atoms with Gasteiger partial charge in [0.25, 0.3) is 0 Å². The average Bonchev–Trinajstić information content (AvgIpc) is 2.72. The molecule has 0 aliphatic carbocycles. The van der Waals surface area contributed by atoms with Crippen molar-refractivity contribution in [2.24, 2.45) is 0 Å². The molecule has 0 bridgehead atoms. The highest BCUT2D eigenvalue weighted by atomic mass is 32.2. The van der Waals surface area contributed by atoms with Crippen LogP contribution in [0.1, 0.15) is 25.3 Å². The summed E-state index contributed by atoms with van der Waals surface area (Å²) < 4.78 is 5.01. The van der Waals surface area contributed by atoms with Gasteiger partial charge in [-0.2, -0.15) is 0 Å². The van der Waals surface area contributed by atoms with Crippen LogP contribution < -0.4 is 5.32 Å². The summed E-state index contributed by atoms with van der Waals surface area (Å²) in [6.07, 6.45) is 5.67. The molecule has 28 heavy (non-hydrogen) atoms. The fraction of sp³-hybridized carbons (Fsp3) is 0.450. The molecule has 0 radical (unpaired) electrons. The topological polar surface area (TPSA) is 67.3 Å². The van der Waals surface area contributed by atoms with E-state index in [9.17, 15) is 4.79 Å². The quantitative estimate of drug-likeness (QED) is 0.606. The fourth-order valence-corrected chi connectivity index (χ4v) is 5.34. The van der Waals surface area contributed by atoms with E-state index in [1.165, 1.54) is 10.5 Å². The lowest BCUT2D eigenvalue weighted by Gasteiger charge is -2.31. The molecule has 1 aromatic heterocycles. The second kappa shape index (κ2) is 9.15. The maximum Gasteiger partial charge on any atom is 0.315 e. The summed E-state index contributed by atoms with van der Waals surface area (Å²) >= 11 is 3.40. The number of benzene rings is 1. The first kappa shape index (κ1) is 19.5. The van der Waals surface area contributed by atoms with Crippen molar-refractivity contribution >= 4 is 41.0 Å². The molecule has 8 heteroatoms. The zero-order valence-electron chi connectivity index (χ0n) is 15.9. The minimum atomic E-state index is -0.0966. The van der Waals surface area contributed by atoms with E-state index < -0.39 is 0 Å². The van der Waals surface area contributed by atoms with E-state index in [4.69, 9.17) is 4.74 Å². The molecule has 2 aromatic rings. The molecule has 0 atom stereocenters. The summed E-state index contributed by atoms with van der Waals surface area (Å²) in [6, 6.07) is 6.60. The molecule has 0 amide bonds. The van der Waals surface area contributed by atoms with Gasteiger partial charge in [-0.15, -0.1) is 11.8 Å². The first-order valence-electron chi connectivity index (χ1n) is 9.59. The van der Waals surface area contributed by atoms with Crippen LogP contribution >= 0.6 is 23.5 Å². The number of aromatic nitrogens is 2. The second-order valence-corrected chi connectivity index (χ2v) is 9.18. The van der Waals surface area contributed by atoms with E-state index in [0.29, 0.717) is 17.6 Å². The largest absolute Gasteiger partial charge is 0.465 e. The molecule has 3 heterocycles. The third-order valence-corrected chi connectivity index (χ3v) is 7.26. The Hall–Kier alpha value is -1.77. The Morgan fingerprint density at radius 3 is 2.96 bits per heavy atom. The van der Waals surface area contributed by atoms with Crippen LogP contribution in [0, 0.1) is 0 Å². The molecule has 1 aromatic carbocycles. The smallest absolute Gasteiger partial charge is 0.315 e. The van der Waals surface area contributed by atoms with Crippen molar-refractivity contribution in [3.8, 4) is 0 Å². The van der Waals surface area contributed by atoms with Crippen LogP contribution in [-0.2, 0) is 16.1 Å². The summed E-state index contributed by atoms with van der Waals surface area (Å²) in [4.78, 5) is 23.9. The van der Waals surface area contributed by atoms with Gasteiger partial charge >= 0.3 is 5.97 Å². The Morgan fingerprint density at radius 1 is 1.32 bits per heavy atom. The number of carbonyl (C=O) groups excluding carboxylic acids is 1. The minimum absolute atomic E-state index is 0.0966. The number of rotatable bonds is 6. The highest BCUT2D eigenvalue weighted by molar-refractivity contribution is 8.00. The van der Waals surface area contributed by atoms with Gasteiger partial charge in [0, 0.05) is 29.1 Å². The molecule has 1 N–H and O–H groups in total. The highest BCUT2D eigenvalue weighted by Crippen LogP contribution is 2.42. The molecular weight excluding hydrogens is 392 g/mol. The first-order valence-corrected chi connectivity index (χ1v) is 11.5. The van der Waals surface area contributed by atoms with Crippen molar-refractivity contribution in [1.29, 1.82) is 0 Å². The lowest BCUT2D eigenvalue weighted by Crippen LogP contribution is -2.34. The Kier molecular flexibility index (Phi) is 6.39. The fourth-order valence-electron chi connectivity index (χ4n) is 3.46. The lowest BCUT2D eigenvalue weighted by molar-refractivity contribution is -0.139. The van der Waals surface area contributed by atoms with Gasteiger partial charge in [-0.05, 0) is 50.6 Å². The predicted octanol–water partition coefficient (Wildman–Crippen LogP) is 3.95. The zero-order valence-corrected chi connectivity index (χ0v) is 17.5. The van der Waals surface area contributed by atoms with Gasteiger partial charge in [0.2, 0.25) is 0 Å². The highest BCUT2D eigenvalue weighted by Gasteiger charge is 2.22. The Bertz CT molecular complexity index is 841. The Labute approximate surface area is 173 Å². The summed E-state index contributed by atoms with van der Waals surface area (Å²) in [6.45, 7) is 5.39. The van der Waals surface area contributed by atoms with E-state index in [1.807, 2.05) is 6.92 Å².